The first-order valence-electron chi connectivity index (χ1n) is 7.68. The van der Waals surface area contributed by atoms with Crippen molar-refractivity contribution in [2.45, 2.75) is 70.8 Å². The number of rotatable bonds is 6. The molecule has 3 N–H and O–H groups in total. The van der Waals surface area contributed by atoms with E-state index in [1.807, 2.05) is 0 Å². The Morgan fingerprint density at radius 1 is 1.32 bits per heavy atom. The normalized spacial score (nSPS) is 28.3. The quantitative estimate of drug-likeness (QED) is 0.789. The number of nitrogens with one attached hydrogen (secondary N) is 1. The second-order valence-electron chi connectivity index (χ2n) is 6.40. The van der Waals surface area contributed by atoms with E-state index in [-0.39, 0.29) is 23.7 Å². The highest BCUT2D eigenvalue weighted by atomic mass is 35.5. The van der Waals surface area contributed by atoms with Gasteiger partial charge >= 0.3 is 0 Å². The van der Waals surface area contributed by atoms with Crippen LogP contribution < -0.4 is 11.1 Å². The third-order valence-electron chi connectivity index (χ3n) is 4.81. The van der Waals surface area contributed by atoms with E-state index >= 15 is 0 Å². The molecule has 0 aromatic carbocycles. The lowest BCUT2D eigenvalue weighted by atomic mass is 9.71. The fourth-order valence-corrected chi connectivity index (χ4v) is 3.47. The molecule has 0 saturated heterocycles. The largest absolute Gasteiger partial charge is 0.353 e. The van der Waals surface area contributed by atoms with Crippen LogP contribution in [0.3, 0.4) is 0 Å². The van der Waals surface area contributed by atoms with Crippen molar-refractivity contribution in [1.29, 1.82) is 0 Å². The molecule has 2 atom stereocenters. The second-order valence-corrected chi connectivity index (χ2v) is 6.40. The zero-order valence-electron chi connectivity index (χ0n) is 12.1. The maximum absolute atomic E-state index is 12.1. The number of amides is 1. The van der Waals surface area contributed by atoms with E-state index in [1.54, 1.807) is 0 Å². The van der Waals surface area contributed by atoms with Crippen LogP contribution in [0.2, 0.25) is 0 Å². The van der Waals surface area contributed by atoms with E-state index in [4.69, 9.17) is 5.73 Å². The fourth-order valence-electron chi connectivity index (χ4n) is 3.47. The van der Waals surface area contributed by atoms with Crippen molar-refractivity contribution in [1.82, 2.24) is 5.32 Å². The van der Waals surface area contributed by atoms with Gasteiger partial charge in [-0.25, -0.2) is 0 Å². The Bertz CT molecular complexity index is 290. The Kier molecular flexibility index (Phi) is 6.61. The highest BCUT2D eigenvalue weighted by Crippen LogP contribution is 2.39. The Morgan fingerprint density at radius 3 is 2.58 bits per heavy atom. The molecule has 2 saturated carbocycles. The van der Waals surface area contributed by atoms with Gasteiger partial charge in [0.25, 0.3) is 0 Å². The molecule has 19 heavy (non-hydrogen) atoms. The first kappa shape index (κ1) is 16.8. The zero-order chi connectivity index (χ0) is 13.0. The minimum atomic E-state index is 0. The standard InChI is InChI=1S/C15H28N2O.ClH/c1-2-6-12-9-13(12)17-14(18)10-15(11-16)7-4-3-5-8-15;/h12-13H,2-11,16H2,1H3,(H,17,18);1H. The summed E-state index contributed by atoms with van der Waals surface area (Å²) in [5, 5.41) is 3.20. The van der Waals surface area contributed by atoms with Crippen molar-refractivity contribution >= 4 is 18.3 Å². The summed E-state index contributed by atoms with van der Waals surface area (Å²) < 4.78 is 0. The molecule has 2 aliphatic carbocycles. The molecule has 112 valence electrons. The number of carbonyl (C=O) groups excluding carboxylic acids is 1. The number of nitrogens with two attached hydrogens (primary N) is 1. The highest BCUT2D eigenvalue weighted by molar-refractivity contribution is 5.85. The molecule has 0 aromatic rings. The predicted octanol–water partition coefficient (Wildman–Crippen LogP) is 3.01. The maximum atomic E-state index is 12.1. The molecule has 0 aliphatic heterocycles. The molecule has 4 heteroatoms. The van der Waals surface area contributed by atoms with Crippen molar-refractivity contribution in [2.24, 2.45) is 17.1 Å². The van der Waals surface area contributed by atoms with Gasteiger partial charge in [0.15, 0.2) is 0 Å². The summed E-state index contributed by atoms with van der Waals surface area (Å²) in [6.45, 7) is 2.88. The molecule has 0 spiro atoms. The Morgan fingerprint density at radius 2 is 2.00 bits per heavy atom. The van der Waals surface area contributed by atoms with Crippen molar-refractivity contribution in [2.75, 3.05) is 6.54 Å². The summed E-state index contributed by atoms with van der Waals surface area (Å²) in [5.41, 5.74) is 6.04. The Hall–Kier alpha value is -0.280. The summed E-state index contributed by atoms with van der Waals surface area (Å²) in [4.78, 5) is 12.1. The second kappa shape index (κ2) is 7.49. The van der Waals surface area contributed by atoms with Gasteiger partial charge in [0, 0.05) is 12.5 Å². The summed E-state index contributed by atoms with van der Waals surface area (Å²) in [6.07, 6.45) is 10.4. The van der Waals surface area contributed by atoms with E-state index in [1.165, 1.54) is 38.5 Å². The molecule has 0 bridgehead atoms. The lowest BCUT2D eigenvalue weighted by Crippen LogP contribution is -2.39. The van der Waals surface area contributed by atoms with E-state index in [0.29, 0.717) is 19.0 Å². The number of carbonyl (C=O) groups is 1. The SMILES string of the molecule is CCCC1CC1NC(=O)CC1(CN)CCCCC1.Cl. The summed E-state index contributed by atoms with van der Waals surface area (Å²) >= 11 is 0. The van der Waals surface area contributed by atoms with E-state index in [9.17, 15) is 4.79 Å². The molecule has 2 aliphatic rings. The van der Waals surface area contributed by atoms with Crippen LogP contribution in [0.5, 0.6) is 0 Å². The molecule has 2 unspecified atom stereocenters. The van der Waals surface area contributed by atoms with Gasteiger partial charge < -0.3 is 11.1 Å². The molecule has 0 radical (unpaired) electrons. The van der Waals surface area contributed by atoms with E-state index in [2.05, 4.69) is 12.2 Å². The van der Waals surface area contributed by atoms with Crippen molar-refractivity contribution in [3.8, 4) is 0 Å². The van der Waals surface area contributed by atoms with Crippen molar-refractivity contribution < 1.29 is 4.79 Å². The van der Waals surface area contributed by atoms with Gasteiger partial charge in [0.2, 0.25) is 5.91 Å². The first-order chi connectivity index (χ1) is 8.69. The number of hydrogen-bond donors (Lipinski definition) is 2. The predicted molar refractivity (Wildman–Crippen MR) is 81.4 cm³/mol. The summed E-state index contributed by atoms with van der Waals surface area (Å²) in [6, 6.07) is 0.468. The van der Waals surface area contributed by atoms with Crippen LogP contribution >= 0.6 is 12.4 Å². The highest BCUT2D eigenvalue weighted by Gasteiger charge is 2.39. The van der Waals surface area contributed by atoms with Gasteiger partial charge in [0.1, 0.15) is 0 Å². The third-order valence-corrected chi connectivity index (χ3v) is 4.81. The fraction of sp³-hybridized carbons (Fsp3) is 0.933. The Balaban J connectivity index is 0.00000180. The average molecular weight is 289 g/mol. The molecule has 0 aromatic heterocycles. The number of hydrogen-bond acceptors (Lipinski definition) is 2. The molecular formula is C15H29ClN2O. The Labute approximate surface area is 123 Å². The van der Waals surface area contributed by atoms with Crippen LogP contribution in [0.1, 0.15) is 64.7 Å². The van der Waals surface area contributed by atoms with Crippen LogP contribution in [-0.2, 0) is 4.79 Å². The van der Waals surface area contributed by atoms with Gasteiger partial charge in [-0.15, -0.1) is 12.4 Å². The van der Waals surface area contributed by atoms with Crippen LogP contribution in [0.15, 0.2) is 0 Å². The van der Waals surface area contributed by atoms with Crippen LogP contribution in [0.25, 0.3) is 0 Å². The van der Waals surface area contributed by atoms with Gasteiger partial charge in [-0.05, 0) is 43.6 Å². The zero-order valence-corrected chi connectivity index (χ0v) is 12.9. The lowest BCUT2D eigenvalue weighted by Gasteiger charge is -2.35. The van der Waals surface area contributed by atoms with Crippen molar-refractivity contribution in [3.05, 3.63) is 0 Å². The molecule has 3 nitrogen and oxygen atoms in total. The molecule has 0 heterocycles. The lowest BCUT2D eigenvalue weighted by molar-refractivity contribution is -0.124. The first-order valence-corrected chi connectivity index (χ1v) is 7.68. The van der Waals surface area contributed by atoms with Gasteiger partial charge in [-0.1, -0.05) is 32.6 Å². The summed E-state index contributed by atoms with van der Waals surface area (Å²) in [7, 11) is 0. The molecule has 2 rings (SSSR count). The van der Waals surface area contributed by atoms with Crippen LogP contribution in [0, 0.1) is 11.3 Å². The van der Waals surface area contributed by atoms with Gasteiger partial charge in [-0.3, -0.25) is 4.79 Å². The molecule has 2 fully saturated rings. The van der Waals surface area contributed by atoms with E-state index in [0.717, 1.165) is 18.8 Å². The smallest absolute Gasteiger partial charge is 0.220 e. The van der Waals surface area contributed by atoms with Gasteiger partial charge in [-0.2, -0.15) is 0 Å². The monoisotopic (exact) mass is 288 g/mol. The van der Waals surface area contributed by atoms with E-state index < -0.39 is 0 Å². The minimum absolute atomic E-state index is 0. The molecule has 1 amide bonds. The van der Waals surface area contributed by atoms with Crippen LogP contribution in [-0.4, -0.2) is 18.5 Å². The third kappa shape index (κ3) is 4.64. The average Bonchev–Trinajstić information content (AvgIpc) is 3.08. The molecular weight excluding hydrogens is 260 g/mol. The van der Waals surface area contributed by atoms with Gasteiger partial charge in [0.05, 0.1) is 0 Å². The minimum Gasteiger partial charge on any atom is -0.353 e. The topological polar surface area (TPSA) is 55.1 Å². The maximum Gasteiger partial charge on any atom is 0.220 e. The van der Waals surface area contributed by atoms with Crippen LogP contribution in [0.4, 0.5) is 0 Å². The number of halogens is 1. The summed E-state index contributed by atoms with van der Waals surface area (Å²) in [5.74, 6) is 0.991. The van der Waals surface area contributed by atoms with Crippen molar-refractivity contribution in [3.63, 3.8) is 0 Å².